The molecule has 0 fully saturated rings. The quantitative estimate of drug-likeness (QED) is 0.672. The van der Waals surface area contributed by atoms with Crippen LogP contribution in [-0.2, 0) is 12.3 Å². The van der Waals surface area contributed by atoms with Crippen molar-refractivity contribution in [1.82, 2.24) is 20.2 Å². The second-order valence-corrected chi connectivity index (χ2v) is 7.85. The fraction of sp³-hybridized carbons (Fsp3) is 0.250. The van der Waals surface area contributed by atoms with Crippen molar-refractivity contribution in [1.29, 1.82) is 0 Å². The zero-order valence-corrected chi connectivity index (χ0v) is 17.0. The number of benzene rings is 1. The van der Waals surface area contributed by atoms with E-state index in [1.54, 1.807) is 18.0 Å². The highest BCUT2D eigenvalue weighted by molar-refractivity contribution is 8.13. The van der Waals surface area contributed by atoms with E-state index in [4.69, 9.17) is 16.0 Å². The SMILES string of the molecule is Cc1oc(-c2cccc(Cl)c2)nc1CSC1=NCN(Cc2cccnc2)CN1. The third-order valence-electron chi connectivity index (χ3n) is 4.31. The molecule has 1 aliphatic rings. The molecule has 0 radical (unpaired) electrons. The highest BCUT2D eigenvalue weighted by Crippen LogP contribution is 2.26. The van der Waals surface area contributed by atoms with Gasteiger partial charge in [-0.15, -0.1) is 0 Å². The molecule has 1 aromatic carbocycles. The van der Waals surface area contributed by atoms with Crippen LogP contribution in [0.4, 0.5) is 0 Å². The molecular weight excluding hydrogens is 394 g/mol. The van der Waals surface area contributed by atoms with Crippen molar-refractivity contribution in [3.05, 3.63) is 70.8 Å². The van der Waals surface area contributed by atoms with Gasteiger partial charge in [-0.1, -0.05) is 35.5 Å². The molecule has 0 bridgehead atoms. The molecule has 6 nitrogen and oxygen atoms in total. The summed E-state index contributed by atoms with van der Waals surface area (Å²) in [6.45, 7) is 4.18. The lowest BCUT2D eigenvalue weighted by Gasteiger charge is -2.26. The Hall–Kier alpha value is -2.35. The highest BCUT2D eigenvalue weighted by Gasteiger charge is 2.16. The summed E-state index contributed by atoms with van der Waals surface area (Å²) in [6.07, 6.45) is 3.67. The fourth-order valence-corrected chi connectivity index (χ4v) is 3.89. The van der Waals surface area contributed by atoms with Gasteiger partial charge in [0, 0.05) is 35.3 Å². The van der Waals surface area contributed by atoms with Gasteiger partial charge < -0.3 is 9.73 Å². The van der Waals surface area contributed by atoms with Crippen molar-refractivity contribution in [2.75, 3.05) is 13.3 Å². The third kappa shape index (κ3) is 4.73. The van der Waals surface area contributed by atoms with E-state index in [1.807, 2.05) is 43.5 Å². The lowest BCUT2D eigenvalue weighted by atomic mass is 10.2. The van der Waals surface area contributed by atoms with Crippen molar-refractivity contribution in [2.45, 2.75) is 19.2 Å². The Kier molecular flexibility index (Phi) is 5.95. The smallest absolute Gasteiger partial charge is 0.226 e. The normalized spacial score (nSPS) is 14.6. The standard InChI is InChI=1S/C20H20ClN5OS/c1-14-18(25-19(27-14)16-5-2-6-17(21)8-16)11-28-20-23-12-26(13-24-20)10-15-4-3-7-22-9-15/h2-9H,10-13H2,1H3,(H,23,24). The van der Waals surface area contributed by atoms with Crippen LogP contribution < -0.4 is 5.32 Å². The van der Waals surface area contributed by atoms with Crippen LogP contribution in [-0.4, -0.2) is 33.4 Å². The number of amidine groups is 1. The average Bonchev–Trinajstić information content (AvgIpc) is 3.09. The van der Waals surface area contributed by atoms with Crippen molar-refractivity contribution in [2.24, 2.45) is 4.99 Å². The van der Waals surface area contributed by atoms with Crippen molar-refractivity contribution < 1.29 is 4.42 Å². The minimum atomic E-state index is 0.594. The van der Waals surface area contributed by atoms with E-state index in [2.05, 4.69) is 31.2 Å². The topological polar surface area (TPSA) is 66.5 Å². The molecule has 0 atom stereocenters. The number of rotatable bonds is 5. The summed E-state index contributed by atoms with van der Waals surface area (Å²) < 4.78 is 5.82. The molecule has 3 aromatic rings. The Morgan fingerprint density at radius 1 is 1.29 bits per heavy atom. The first-order chi connectivity index (χ1) is 13.7. The van der Waals surface area contributed by atoms with Gasteiger partial charge in [0.15, 0.2) is 5.17 Å². The predicted octanol–water partition coefficient (Wildman–Crippen LogP) is 4.31. The molecule has 2 aromatic heterocycles. The second kappa shape index (κ2) is 8.77. The van der Waals surface area contributed by atoms with E-state index in [0.29, 0.717) is 23.3 Å². The molecule has 144 valence electrons. The van der Waals surface area contributed by atoms with Crippen molar-refractivity contribution in [3.8, 4) is 11.5 Å². The number of aryl methyl sites for hydroxylation is 1. The van der Waals surface area contributed by atoms with Crippen LogP contribution in [0.3, 0.4) is 0 Å². The number of nitrogens with zero attached hydrogens (tertiary/aromatic N) is 4. The van der Waals surface area contributed by atoms with Crippen molar-refractivity contribution >= 4 is 28.5 Å². The number of halogens is 1. The zero-order chi connectivity index (χ0) is 19.3. The highest BCUT2D eigenvalue weighted by atomic mass is 35.5. The number of thioether (sulfide) groups is 1. The Morgan fingerprint density at radius 2 is 2.21 bits per heavy atom. The molecule has 0 saturated carbocycles. The van der Waals surface area contributed by atoms with Gasteiger partial charge >= 0.3 is 0 Å². The molecule has 3 heterocycles. The Bertz CT molecular complexity index is 976. The van der Waals surface area contributed by atoms with E-state index >= 15 is 0 Å². The van der Waals surface area contributed by atoms with Gasteiger partial charge in [-0.25, -0.2) is 9.98 Å². The zero-order valence-electron chi connectivity index (χ0n) is 15.4. The van der Waals surface area contributed by atoms with Crippen LogP contribution in [0.2, 0.25) is 5.02 Å². The van der Waals surface area contributed by atoms with E-state index in [9.17, 15) is 0 Å². The van der Waals surface area contributed by atoms with Crippen LogP contribution in [0.25, 0.3) is 11.5 Å². The maximum Gasteiger partial charge on any atom is 0.226 e. The molecule has 0 spiro atoms. The maximum atomic E-state index is 6.06. The van der Waals surface area contributed by atoms with Gasteiger partial charge in [0.1, 0.15) is 5.76 Å². The number of hydrogen-bond acceptors (Lipinski definition) is 7. The van der Waals surface area contributed by atoms with Crippen LogP contribution >= 0.6 is 23.4 Å². The van der Waals surface area contributed by atoms with E-state index in [0.717, 1.165) is 35.4 Å². The van der Waals surface area contributed by atoms with E-state index < -0.39 is 0 Å². The predicted molar refractivity (Wildman–Crippen MR) is 113 cm³/mol. The van der Waals surface area contributed by atoms with Gasteiger partial charge in [0.05, 0.1) is 19.0 Å². The molecule has 0 amide bonds. The molecular formula is C20H20ClN5OS. The summed E-state index contributed by atoms with van der Waals surface area (Å²) in [5.74, 6) is 2.11. The molecule has 1 N–H and O–H groups in total. The summed E-state index contributed by atoms with van der Waals surface area (Å²) >= 11 is 7.70. The summed E-state index contributed by atoms with van der Waals surface area (Å²) in [5.41, 5.74) is 2.98. The van der Waals surface area contributed by atoms with Gasteiger partial charge in [0.25, 0.3) is 0 Å². The van der Waals surface area contributed by atoms with Gasteiger partial charge in [0.2, 0.25) is 5.89 Å². The first kappa shape index (κ1) is 19.0. The van der Waals surface area contributed by atoms with Gasteiger partial charge in [-0.05, 0) is 36.8 Å². The van der Waals surface area contributed by atoms with Crippen LogP contribution in [0, 0.1) is 6.92 Å². The van der Waals surface area contributed by atoms with Crippen molar-refractivity contribution in [3.63, 3.8) is 0 Å². The summed E-state index contributed by atoms with van der Waals surface area (Å²) in [5, 5.41) is 4.96. The number of nitrogens with one attached hydrogen (secondary N) is 1. The molecule has 28 heavy (non-hydrogen) atoms. The molecule has 0 aliphatic carbocycles. The number of pyridine rings is 1. The number of oxazole rings is 1. The maximum absolute atomic E-state index is 6.06. The monoisotopic (exact) mass is 413 g/mol. The Balaban J connectivity index is 1.34. The fourth-order valence-electron chi connectivity index (χ4n) is 2.85. The lowest BCUT2D eigenvalue weighted by Crippen LogP contribution is -2.41. The Labute approximate surface area is 173 Å². The number of aromatic nitrogens is 2. The largest absolute Gasteiger partial charge is 0.441 e. The second-order valence-electron chi connectivity index (χ2n) is 6.45. The number of aliphatic imine (C=N–C) groups is 1. The molecule has 8 heteroatoms. The Morgan fingerprint density at radius 3 is 2.96 bits per heavy atom. The first-order valence-electron chi connectivity index (χ1n) is 8.92. The van der Waals surface area contributed by atoms with Crippen LogP contribution in [0.5, 0.6) is 0 Å². The van der Waals surface area contributed by atoms with Crippen LogP contribution in [0.15, 0.2) is 58.2 Å². The number of hydrogen-bond donors (Lipinski definition) is 1. The summed E-state index contributed by atoms with van der Waals surface area (Å²) in [6, 6.07) is 11.6. The van der Waals surface area contributed by atoms with Gasteiger partial charge in [-0.3, -0.25) is 9.88 Å². The molecule has 0 saturated heterocycles. The van der Waals surface area contributed by atoms with Gasteiger partial charge in [-0.2, -0.15) is 0 Å². The minimum Gasteiger partial charge on any atom is -0.441 e. The molecule has 4 rings (SSSR count). The summed E-state index contributed by atoms with van der Waals surface area (Å²) in [7, 11) is 0. The summed E-state index contributed by atoms with van der Waals surface area (Å²) in [4.78, 5) is 15.6. The van der Waals surface area contributed by atoms with E-state index in [-0.39, 0.29) is 0 Å². The molecule has 0 unspecified atom stereocenters. The first-order valence-corrected chi connectivity index (χ1v) is 10.3. The van der Waals surface area contributed by atoms with Crippen LogP contribution in [0.1, 0.15) is 17.0 Å². The van der Waals surface area contributed by atoms with E-state index in [1.165, 1.54) is 5.56 Å². The lowest BCUT2D eigenvalue weighted by molar-refractivity contribution is 0.258. The minimum absolute atomic E-state index is 0.594. The average molecular weight is 414 g/mol. The molecule has 1 aliphatic heterocycles. The third-order valence-corrected chi connectivity index (χ3v) is 5.51.